The number of thiophene rings is 3. The van der Waals surface area contributed by atoms with Crippen LogP contribution >= 0.6 is 34.0 Å². The van der Waals surface area contributed by atoms with E-state index < -0.39 is 0 Å². The smallest absolute Gasteiger partial charge is 0.261 e. The first-order valence-electron chi connectivity index (χ1n) is 24.1. The van der Waals surface area contributed by atoms with Gasteiger partial charge in [-0.25, -0.2) is 0 Å². The quantitative estimate of drug-likeness (QED) is 0.0488. The summed E-state index contributed by atoms with van der Waals surface area (Å²) in [5, 5.41) is 0. The second-order valence-electron chi connectivity index (χ2n) is 19.0. The first-order chi connectivity index (χ1) is 31.4. The van der Waals surface area contributed by atoms with Gasteiger partial charge in [0.25, 0.3) is 11.8 Å². The molecule has 11 heteroatoms. The number of aryl methyl sites for hydroxylation is 1. The summed E-state index contributed by atoms with van der Waals surface area (Å²) in [4.78, 5) is 39.1. The van der Waals surface area contributed by atoms with Gasteiger partial charge in [-0.05, 0) is 124 Å². The Hall–Kier alpha value is -4.00. The van der Waals surface area contributed by atoms with Crippen molar-refractivity contribution in [1.82, 2.24) is 9.80 Å². The van der Waals surface area contributed by atoms with Gasteiger partial charge in [0.15, 0.2) is 5.76 Å². The highest BCUT2D eigenvalue weighted by atomic mass is 32.1. The molecule has 2 atom stereocenters. The van der Waals surface area contributed by atoms with Crippen LogP contribution in [0.25, 0.3) is 46.5 Å². The highest BCUT2D eigenvalue weighted by Gasteiger charge is 2.47. The minimum Gasteiger partial charge on any atom is -0.461 e. The van der Waals surface area contributed by atoms with E-state index in [-0.39, 0.29) is 11.8 Å². The topological polar surface area (TPSA) is 85.4 Å². The molecule has 0 N–H and O–H groups in total. The third kappa shape index (κ3) is 12.5. The van der Waals surface area contributed by atoms with Gasteiger partial charge < -0.3 is 28.1 Å². The number of fused-ring (bicyclic) bond motifs is 1. The van der Waals surface area contributed by atoms with E-state index in [0.717, 1.165) is 57.4 Å². The third-order valence-corrected chi connectivity index (χ3v) is 16.3. The summed E-state index contributed by atoms with van der Waals surface area (Å²) in [6, 6.07) is 20.8. The van der Waals surface area contributed by atoms with Crippen molar-refractivity contribution in [3.8, 4) is 40.8 Å². The highest BCUT2D eigenvalue weighted by molar-refractivity contribution is 7.27. The fourth-order valence-electron chi connectivity index (χ4n) is 8.73. The van der Waals surface area contributed by atoms with E-state index in [1.165, 1.54) is 53.2 Å². The summed E-state index contributed by atoms with van der Waals surface area (Å²) in [5.41, 5.74) is 2.19. The van der Waals surface area contributed by atoms with Crippen LogP contribution in [-0.2, 0) is 19.1 Å². The van der Waals surface area contributed by atoms with Crippen LogP contribution in [0.4, 0.5) is 0 Å². The van der Waals surface area contributed by atoms with Crippen LogP contribution in [0.15, 0.2) is 86.3 Å². The summed E-state index contributed by atoms with van der Waals surface area (Å²) < 4.78 is 24.6. The summed E-state index contributed by atoms with van der Waals surface area (Å²) in [6.07, 6.45) is 10.9. The number of nitrogens with zero attached hydrogens (tertiary/aromatic N) is 2. The molecule has 0 bridgehead atoms. The van der Waals surface area contributed by atoms with Crippen molar-refractivity contribution in [2.75, 3.05) is 39.5 Å². The number of allylic oxidation sites excluding steroid dienone is 1. The Morgan fingerprint density at radius 3 is 1.43 bits per heavy atom. The molecule has 0 saturated heterocycles. The van der Waals surface area contributed by atoms with Gasteiger partial charge in [-0.3, -0.25) is 9.59 Å². The molecule has 5 aromatic heterocycles. The van der Waals surface area contributed by atoms with Crippen LogP contribution < -0.4 is 0 Å². The number of hydrogen-bond acceptors (Lipinski definition) is 9. The molecule has 2 aliphatic heterocycles. The molecule has 0 aliphatic carbocycles. The molecule has 65 heavy (non-hydrogen) atoms. The molecule has 2 aliphatic rings. The minimum atomic E-state index is -0.146. The average molecular weight is 939 g/mol. The second-order valence-corrected chi connectivity index (χ2v) is 22.3. The lowest BCUT2D eigenvalue weighted by Gasteiger charge is -2.23. The molecule has 0 saturated carbocycles. The molecule has 2 unspecified atom stereocenters. The molecule has 0 fully saturated rings. The van der Waals surface area contributed by atoms with Crippen LogP contribution in [0.1, 0.15) is 124 Å². The van der Waals surface area contributed by atoms with Gasteiger partial charge in [-0.2, -0.15) is 0 Å². The molecule has 0 radical (unpaired) electrons. The first-order valence-corrected chi connectivity index (χ1v) is 26.5. The Bertz CT molecular complexity index is 2400. The van der Waals surface area contributed by atoms with E-state index in [0.29, 0.717) is 91.6 Å². The average Bonchev–Trinajstić information content (AvgIpc) is 4.13. The summed E-state index contributed by atoms with van der Waals surface area (Å²) >= 11 is 5.18. The number of rotatable bonds is 27. The Morgan fingerprint density at radius 2 is 0.923 bits per heavy atom. The van der Waals surface area contributed by atoms with Gasteiger partial charge >= 0.3 is 0 Å². The molecule has 5 aromatic rings. The van der Waals surface area contributed by atoms with E-state index in [1.807, 2.05) is 38.1 Å². The highest BCUT2D eigenvalue weighted by Crippen LogP contribution is 2.47. The van der Waals surface area contributed by atoms with Gasteiger partial charge in [0.2, 0.25) is 0 Å². The SMILES string of the molecule is CC1=C2C(=O)N(CCCOCCC(C)CCCC(C)C)C(c3ccc(-c4ccc(-c5ccc(-c6ccc(-c7ccc(C)o7)s6)s5)s4)o3)=C2C(=O)N1CCCOCCC(C)CCCC(C)C. The Morgan fingerprint density at radius 1 is 0.477 bits per heavy atom. The van der Waals surface area contributed by atoms with Crippen LogP contribution in [0.3, 0.4) is 0 Å². The molecular weight excluding hydrogens is 869 g/mol. The zero-order chi connectivity index (χ0) is 46.0. The molecule has 7 rings (SSSR count). The fourth-order valence-corrected chi connectivity index (χ4v) is 11.9. The summed E-state index contributed by atoms with van der Waals surface area (Å²) in [5.74, 6) is 5.50. The van der Waals surface area contributed by atoms with E-state index in [9.17, 15) is 9.59 Å². The molecule has 0 aromatic carbocycles. The van der Waals surface area contributed by atoms with Crippen LogP contribution in [-0.4, -0.2) is 61.1 Å². The Kier molecular flexibility index (Phi) is 17.4. The predicted octanol–water partition coefficient (Wildman–Crippen LogP) is 15.2. The Balaban J connectivity index is 1.02. The number of carbonyl (C=O) groups is 2. The molecule has 7 heterocycles. The number of ether oxygens (including phenoxy) is 2. The number of carbonyl (C=O) groups excluding carboxylic acids is 2. The van der Waals surface area contributed by atoms with Crippen molar-refractivity contribution in [2.45, 2.75) is 120 Å². The van der Waals surface area contributed by atoms with Gasteiger partial charge in [0.05, 0.1) is 20.9 Å². The Labute approximate surface area is 399 Å². The van der Waals surface area contributed by atoms with E-state index in [2.05, 4.69) is 77.9 Å². The maximum atomic E-state index is 14.4. The molecule has 350 valence electrons. The number of furan rings is 2. The largest absolute Gasteiger partial charge is 0.461 e. The molecule has 0 spiro atoms. The van der Waals surface area contributed by atoms with Crippen LogP contribution in [0.2, 0.25) is 0 Å². The lowest BCUT2D eigenvalue weighted by atomic mass is 9.98. The third-order valence-electron chi connectivity index (χ3n) is 12.6. The zero-order valence-corrected chi connectivity index (χ0v) is 42.4. The van der Waals surface area contributed by atoms with Crippen molar-refractivity contribution in [3.05, 3.63) is 89.0 Å². The van der Waals surface area contributed by atoms with Gasteiger partial charge in [0, 0.05) is 64.7 Å². The summed E-state index contributed by atoms with van der Waals surface area (Å²) in [7, 11) is 0. The van der Waals surface area contributed by atoms with E-state index in [1.54, 1.807) is 43.8 Å². The van der Waals surface area contributed by atoms with E-state index in [4.69, 9.17) is 18.3 Å². The van der Waals surface area contributed by atoms with Gasteiger partial charge in [-0.15, -0.1) is 34.0 Å². The van der Waals surface area contributed by atoms with Crippen molar-refractivity contribution in [3.63, 3.8) is 0 Å². The number of hydrogen-bond donors (Lipinski definition) is 0. The fraction of sp³-hybridized carbons (Fsp3) is 0.519. The first kappa shape index (κ1) is 48.9. The van der Waals surface area contributed by atoms with Gasteiger partial charge in [0.1, 0.15) is 23.0 Å². The summed E-state index contributed by atoms with van der Waals surface area (Å²) in [6.45, 7) is 21.1. The standard InChI is InChI=1S/C54H70N2O6S3/c1-35(2)13-9-15-37(5)27-33-59-31-11-29-55-40(8)50-51(54(55)58)52(56(53(50)57)30-12-32-60-34-28-38(6)16-10-14-36(3)4)43-20-19-42(62-43)45-22-24-47(64-45)49-26-25-48(65-49)46-23-21-44(63-46)41-18-17-39(7)61-41/h17-26,35-38H,9-16,27-34H2,1-8H3. The van der Waals surface area contributed by atoms with Crippen LogP contribution in [0, 0.1) is 30.6 Å². The molecular formula is C54H70N2O6S3. The number of amides is 2. The van der Waals surface area contributed by atoms with E-state index >= 15 is 0 Å². The van der Waals surface area contributed by atoms with Crippen LogP contribution in [0.5, 0.6) is 0 Å². The normalized spacial score (nSPS) is 15.3. The maximum Gasteiger partial charge on any atom is 0.261 e. The van der Waals surface area contributed by atoms with Crippen molar-refractivity contribution in [2.24, 2.45) is 23.7 Å². The van der Waals surface area contributed by atoms with Crippen molar-refractivity contribution in [1.29, 1.82) is 0 Å². The zero-order valence-electron chi connectivity index (χ0n) is 40.0. The monoisotopic (exact) mass is 938 g/mol. The molecule has 8 nitrogen and oxygen atoms in total. The lowest BCUT2D eigenvalue weighted by Crippen LogP contribution is -2.31. The molecule has 2 amide bonds. The van der Waals surface area contributed by atoms with Crippen molar-refractivity contribution < 1.29 is 27.9 Å². The van der Waals surface area contributed by atoms with Gasteiger partial charge in [-0.1, -0.05) is 80.1 Å². The van der Waals surface area contributed by atoms with Crippen molar-refractivity contribution >= 4 is 51.5 Å². The second kappa shape index (κ2) is 23.1. The predicted molar refractivity (Wildman–Crippen MR) is 270 cm³/mol. The minimum absolute atomic E-state index is 0.146. The maximum absolute atomic E-state index is 14.4. The lowest BCUT2D eigenvalue weighted by molar-refractivity contribution is -0.124.